The highest BCUT2D eigenvalue weighted by molar-refractivity contribution is 6.34. The minimum Gasteiger partial charge on any atom is -0.497 e. The molecule has 130 valence electrons. The Balaban J connectivity index is 1.58. The van der Waals surface area contributed by atoms with Gasteiger partial charge in [0.25, 0.3) is 5.91 Å². The van der Waals surface area contributed by atoms with Gasteiger partial charge in [0.15, 0.2) is 11.5 Å². The molecule has 2 aromatic heterocycles. The second-order valence-electron chi connectivity index (χ2n) is 5.55. The van der Waals surface area contributed by atoms with Crippen LogP contribution in [0.3, 0.4) is 0 Å². The SMILES string of the molecule is COc1cccc(-c2cc(C(=O)Nc3cc4cn[nH]c4cc3Cl)no2)c1. The number of carbonyl (C=O) groups excluding carboxylic acids is 1. The summed E-state index contributed by atoms with van der Waals surface area (Å²) in [6, 6.07) is 12.3. The molecule has 0 unspecified atom stereocenters. The molecule has 26 heavy (non-hydrogen) atoms. The lowest BCUT2D eigenvalue weighted by molar-refractivity contribution is 0.101. The van der Waals surface area contributed by atoms with E-state index >= 15 is 0 Å². The second kappa shape index (κ2) is 6.53. The minimum atomic E-state index is -0.423. The van der Waals surface area contributed by atoms with Crippen molar-refractivity contribution in [2.45, 2.75) is 0 Å². The number of hydrogen-bond acceptors (Lipinski definition) is 5. The fraction of sp³-hybridized carbons (Fsp3) is 0.0556. The minimum absolute atomic E-state index is 0.145. The Labute approximate surface area is 152 Å². The average Bonchev–Trinajstić information content (AvgIpc) is 3.31. The normalized spacial score (nSPS) is 10.8. The van der Waals surface area contributed by atoms with Crippen LogP contribution in [0.1, 0.15) is 10.5 Å². The van der Waals surface area contributed by atoms with Crippen molar-refractivity contribution in [3.8, 4) is 17.1 Å². The van der Waals surface area contributed by atoms with Crippen molar-refractivity contribution >= 4 is 34.1 Å². The monoisotopic (exact) mass is 368 g/mol. The molecule has 7 nitrogen and oxygen atoms in total. The van der Waals surface area contributed by atoms with E-state index in [1.807, 2.05) is 18.2 Å². The van der Waals surface area contributed by atoms with Crippen LogP contribution in [0.2, 0.25) is 5.02 Å². The molecule has 0 fully saturated rings. The number of carbonyl (C=O) groups is 1. The maximum absolute atomic E-state index is 12.5. The molecule has 0 radical (unpaired) electrons. The van der Waals surface area contributed by atoms with Crippen molar-refractivity contribution in [2.24, 2.45) is 0 Å². The molecule has 2 aromatic carbocycles. The van der Waals surface area contributed by atoms with E-state index in [1.54, 1.807) is 37.6 Å². The van der Waals surface area contributed by atoms with E-state index in [0.29, 0.717) is 22.2 Å². The lowest BCUT2D eigenvalue weighted by Crippen LogP contribution is -2.12. The topological polar surface area (TPSA) is 93.0 Å². The molecule has 0 saturated heterocycles. The fourth-order valence-corrected chi connectivity index (χ4v) is 2.75. The second-order valence-corrected chi connectivity index (χ2v) is 5.96. The van der Waals surface area contributed by atoms with E-state index in [1.165, 1.54) is 0 Å². The zero-order valence-corrected chi connectivity index (χ0v) is 14.4. The molecule has 4 rings (SSSR count). The van der Waals surface area contributed by atoms with E-state index in [2.05, 4.69) is 20.7 Å². The highest BCUT2D eigenvalue weighted by Crippen LogP contribution is 2.28. The van der Waals surface area contributed by atoms with Gasteiger partial charge in [0.2, 0.25) is 0 Å². The molecule has 1 amide bonds. The van der Waals surface area contributed by atoms with Crippen LogP contribution >= 0.6 is 11.6 Å². The molecule has 0 saturated carbocycles. The Morgan fingerprint density at radius 1 is 1.27 bits per heavy atom. The zero-order valence-electron chi connectivity index (χ0n) is 13.6. The predicted molar refractivity (Wildman–Crippen MR) is 97.5 cm³/mol. The largest absolute Gasteiger partial charge is 0.497 e. The van der Waals surface area contributed by atoms with Gasteiger partial charge in [0.05, 0.1) is 29.5 Å². The quantitative estimate of drug-likeness (QED) is 0.565. The summed E-state index contributed by atoms with van der Waals surface area (Å²) in [6.07, 6.45) is 1.65. The van der Waals surface area contributed by atoms with Gasteiger partial charge >= 0.3 is 0 Å². The fourth-order valence-electron chi connectivity index (χ4n) is 2.54. The molecule has 2 heterocycles. The summed E-state index contributed by atoms with van der Waals surface area (Å²) in [4.78, 5) is 12.5. The summed E-state index contributed by atoms with van der Waals surface area (Å²) in [5.41, 5.74) is 2.16. The number of halogens is 1. The lowest BCUT2D eigenvalue weighted by Gasteiger charge is -2.05. The van der Waals surface area contributed by atoms with Crippen molar-refractivity contribution in [1.29, 1.82) is 0 Å². The summed E-state index contributed by atoms with van der Waals surface area (Å²) >= 11 is 6.21. The van der Waals surface area contributed by atoms with Crippen LogP contribution < -0.4 is 10.1 Å². The molecule has 8 heteroatoms. The molecular formula is C18H13ClN4O3. The summed E-state index contributed by atoms with van der Waals surface area (Å²) < 4.78 is 10.5. The van der Waals surface area contributed by atoms with Crippen molar-refractivity contribution in [3.63, 3.8) is 0 Å². The molecule has 4 aromatic rings. The van der Waals surface area contributed by atoms with Crippen LogP contribution in [0, 0.1) is 0 Å². The molecule has 0 atom stereocenters. The van der Waals surface area contributed by atoms with E-state index in [-0.39, 0.29) is 5.69 Å². The van der Waals surface area contributed by atoms with Crippen molar-refractivity contribution < 1.29 is 14.1 Å². The number of H-pyrrole nitrogens is 1. The molecule has 2 N–H and O–H groups in total. The maximum Gasteiger partial charge on any atom is 0.277 e. The number of ether oxygens (including phenoxy) is 1. The number of amides is 1. The molecular weight excluding hydrogens is 356 g/mol. The number of hydrogen-bond donors (Lipinski definition) is 2. The van der Waals surface area contributed by atoms with Gasteiger partial charge in [-0.1, -0.05) is 28.9 Å². The standard InChI is InChI=1S/C18H13ClN4O3/c1-25-12-4-2-3-10(5-12)17-8-16(23-26-17)18(24)21-15-6-11-9-20-22-14(11)7-13(15)19/h2-9H,1H3,(H,20,22)(H,21,24). The van der Waals surface area contributed by atoms with E-state index in [4.69, 9.17) is 20.9 Å². The van der Waals surface area contributed by atoms with E-state index in [9.17, 15) is 4.79 Å². The van der Waals surface area contributed by atoms with Crippen molar-refractivity contribution in [2.75, 3.05) is 12.4 Å². The third-order valence-corrected chi connectivity index (χ3v) is 4.19. The lowest BCUT2D eigenvalue weighted by atomic mass is 10.1. The average molecular weight is 369 g/mol. The van der Waals surface area contributed by atoms with Gasteiger partial charge in [-0.25, -0.2) is 0 Å². The summed E-state index contributed by atoms with van der Waals surface area (Å²) in [7, 11) is 1.58. The van der Waals surface area contributed by atoms with Crippen LogP contribution in [0.25, 0.3) is 22.2 Å². The van der Waals surface area contributed by atoms with Gasteiger partial charge in [-0.15, -0.1) is 0 Å². The number of methoxy groups -OCH3 is 1. The third-order valence-electron chi connectivity index (χ3n) is 3.87. The number of rotatable bonds is 4. The number of anilines is 1. The first kappa shape index (κ1) is 16.2. The smallest absolute Gasteiger partial charge is 0.277 e. The number of aromatic nitrogens is 3. The third kappa shape index (κ3) is 3.00. The summed E-state index contributed by atoms with van der Waals surface area (Å²) in [5.74, 6) is 0.725. The molecule has 0 aliphatic carbocycles. The van der Waals surface area contributed by atoms with Crippen molar-refractivity contribution in [3.05, 3.63) is 59.4 Å². The maximum atomic E-state index is 12.5. The highest BCUT2D eigenvalue weighted by Gasteiger charge is 2.16. The van der Waals surface area contributed by atoms with Gasteiger partial charge in [0, 0.05) is 17.0 Å². The number of fused-ring (bicyclic) bond motifs is 1. The first-order valence-corrected chi connectivity index (χ1v) is 8.07. The van der Waals surface area contributed by atoms with Crippen LogP contribution in [-0.4, -0.2) is 28.4 Å². The van der Waals surface area contributed by atoms with Gasteiger partial charge in [0.1, 0.15) is 5.75 Å². The van der Waals surface area contributed by atoms with Crippen LogP contribution in [0.15, 0.2) is 53.2 Å². The molecule has 0 spiro atoms. The zero-order chi connectivity index (χ0) is 18.1. The Morgan fingerprint density at radius 2 is 2.15 bits per heavy atom. The molecule has 0 aliphatic rings. The van der Waals surface area contributed by atoms with Crippen LogP contribution in [-0.2, 0) is 0 Å². The summed E-state index contributed by atoms with van der Waals surface area (Å²) in [5, 5.41) is 14.6. The number of benzene rings is 2. The van der Waals surface area contributed by atoms with Crippen LogP contribution in [0.5, 0.6) is 5.75 Å². The Kier molecular flexibility index (Phi) is 4.06. The van der Waals surface area contributed by atoms with Gasteiger partial charge in [-0.3, -0.25) is 9.89 Å². The Hall–Kier alpha value is -3.32. The van der Waals surface area contributed by atoms with E-state index in [0.717, 1.165) is 16.5 Å². The van der Waals surface area contributed by atoms with E-state index < -0.39 is 5.91 Å². The van der Waals surface area contributed by atoms with Gasteiger partial charge in [-0.2, -0.15) is 5.10 Å². The first-order chi connectivity index (χ1) is 12.6. The number of nitrogens with zero attached hydrogens (tertiary/aromatic N) is 2. The van der Waals surface area contributed by atoms with Crippen LogP contribution in [0.4, 0.5) is 5.69 Å². The van der Waals surface area contributed by atoms with Gasteiger partial charge in [-0.05, 0) is 24.3 Å². The van der Waals surface area contributed by atoms with Gasteiger partial charge < -0.3 is 14.6 Å². The highest BCUT2D eigenvalue weighted by atomic mass is 35.5. The predicted octanol–water partition coefficient (Wildman–Crippen LogP) is 4.13. The Bertz CT molecular complexity index is 1100. The van der Waals surface area contributed by atoms with Crippen molar-refractivity contribution in [1.82, 2.24) is 15.4 Å². The molecule has 0 bridgehead atoms. The Morgan fingerprint density at radius 3 is 3.00 bits per heavy atom. The number of aromatic amines is 1. The first-order valence-electron chi connectivity index (χ1n) is 7.69. The number of nitrogens with one attached hydrogen (secondary N) is 2. The molecule has 0 aliphatic heterocycles. The summed E-state index contributed by atoms with van der Waals surface area (Å²) in [6.45, 7) is 0.